The Morgan fingerprint density at radius 2 is 1.57 bits per heavy atom. The molecule has 1 saturated carbocycles. The van der Waals surface area contributed by atoms with Crippen molar-refractivity contribution in [1.29, 1.82) is 0 Å². The molecule has 8 heteroatoms. The second-order valence-electron chi connectivity index (χ2n) is 10.6. The first kappa shape index (κ1) is 25.7. The van der Waals surface area contributed by atoms with Gasteiger partial charge in [-0.15, -0.1) is 0 Å². The molecule has 5 rings (SSSR count). The molecular weight excluding hydrogens is 468 g/mol. The van der Waals surface area contributed by atoms with Crippen molar-refractivity contribution in [3.63, 3.8) is 0 Å². The van der Waals surface area contributed by atoms with Crippen molar-refractivity contribution in [2.75, 3.05) is 68.8 Å². The smallest absolute Gasteiger partial charge is 0.251 e. The Balaban J connectivity index is 1.00. The van der Waals surface area contributed by atoms with E-state index in [4.69, 9.17) is 4.74 Å². The summed E-state index contributed by atoms with van der Waals surface area (Å²) in [6.45, 7) is 8.03. The highest BCUT2D eigenvalue weighted by atomic mass is 16.5. The van der Waals surface area contributed by atoms with Gasteiger partial charge in [0.25, 0.3) is 5.91 Å². The van der Waals surface area contributed by atoms with Crippen molar-refractivity contribution in [1.82, 2.24) is 10.2 Å². The van der Waals surface area contributed by atoms with Crippen LogP contribution in [0.2, 0.25) is 0 Å². The maximum atomic E-state index is 12.8. The quantitative estimate of drug-likeness (QED) is 0.494. The van der Waals surface area contributed by atoms with E-state index in [9.17, 15) is 15.0 Å². The Morgan fingerprint density at radius 3 is 2.27 bits per heavy atom. The third-order valence-electron chi connectivity index (χ3n) is 8.25. The number of para-hydroxylation sites is 1. The third kappa shape index (κ3) is 6.48. The molecule has 2 heterocycles. The third-order valence-corrected chi connectivity index (χ3v) is 8.25. The van der Waals surface area contributed by atoms with Crippen LogP contribution in [0.15, 0.2) is 42.5 Å². The summed E-state index contributed by atoms with van der Waals surface area (Å²) >= 11 is 0. The van der Waals surface area contributed by atoms with Gasteiger partial charge in [0.15, 0.2) is 11.5 Å². The van der Waals surface area contributed by atoms with Crippen LogP contribution < -0.4 is 15.1 Å². The zero-order chi connectivity index (χ0) is 25.6. The minimum Gasteiger partial charge on any atom is -0.504 e. The number of piperazine rings is 1. The van der Waals surface area contributed by atoms with Crippen LogP contribution in [0.25, 0.3) is 0 Å². The van der Waals surface area contributed by atoms with Crippen LogP contribution in [-0.4, -0.2) is 86.1 Å². The number of hydrogen-bond donors (Lipinski definition) is 3. The van der Waals surface area contributed by atoms with Crippen LogP contribution >= 0.6 is 0 Å². The lowest BCUT2D eigenvalue weighted by Gasteiger charge is -2.37. The molecular formula is C29H40N4O4. The maximum Gasteiger partial charge on any atom is 0.251 e. The molecule has 0 bridgehead atoms. The number of morpholine rings is 1. The normalized spacial score (nSPS) is 23.1. The Morgan fingerprint density at radius 1 is 0.865 bits per heavy atom. The van der Waals surface area contributed by atoms with E-state index in [2.05, 4.69) is 20.0 Å². The molecule has 1 aliphatic carbocycles. The predicted molar refractivity (Wildman–Crippen MR) is 146 cm³/mol. The Labute approximate surface area is 219 Å². The van der Waals surface area contributed by atoms with Crippen LogP contribution in [0.5, 0.6) is 11.5 Å². The summed E-state index contributed by atoms with van der Waals surface area (Å²) in [5.74, 6) is 0.667. The van der Waals surface area contributed by atoms with Gasteiger partial charge in [0.05, 0.1) is 18.9 Å². The van der Waals surface area contributed by atoms with E-state index in [0.29, 0.717) is 11.6 Å². The van der Waals surface area contributed by atoms with Crippen molar-refractivity contribution in [3.8, 4) is 11.5 Å². The second-order valence-corrected chi connectivity index (χ2v) is 10.6. The molecule has 200 valence electrons. The summed E-state index contributed by atoms with van der Waals surface area (Å²) in [5, 5.41) is 23.2. The number of phenolic OH excluding ortho intramolecular Hbond substituents is 2. The van der Waals surface area contributed by atoms with Crippen LogP contribution in [0, 0.1) is 5.92 Å². The number of amides is 1. The van der Waals surface area contributed by atoms with Crippen molar-refractivity contribution in [3.05, 3.63) is 48.0 Å². The average molecular weight is 509 g/mol. The van der Waals surface area contributed by atoms with E-state index in [1.165, 1.54) is 12.5 Å². The van der Waals surface area contributed by atoms with Gasteiger partial charge >= 0.3 is 0 Å². The Bertz CT molecular complexity index is 1020. The van der Waals surface area contributed by atoms with Gasteiger partial charge in [-0.3, -0.25) is 9.69 Å². The molecule has 0 unspecified atom stereocenters. The number of carbonyl (C=O) groups excluding carboxylic acids is 1. The van der Waals surface area contributed by atoms with Crippen LogP contribution in [0.1, 0.15) is 42.5 Å². The molecule has 2 aromatic rings. The van der Waals surface area contributed by atoms with Gasteiger partial charge in [-0.05, 0) is 81.0 Å². The average Bonchev–Trinajstić information content (AvgIpc) is 2.95. The fourth-order valence-electron chi connectivity index (χ4n) is 5.86. The van der Waals surface area contributed by atoms with Crippen LogP contribution in [-0.2, 0) is 4.74 Å². The number of carbonyl (C=O) groups is 1. The number of nitrogens with zero attached hydrogens (tertiary/aromatic N) is 3. The number of aromatic hydroxyl groups is 2. The lowest BCUT2D eigenvalue weighted by Crippen LogP contribution is -2.47. The molecule has 2 saturated heterocycles. The van der Waals surface area contributed by atoms with Gasteiger partial charge in [0, 0.05) is 56.6 Å². The number of ether oxygens (including phenoxy) is 1. The molecule has 1 amide bonds. The summed E-state index contributed by atoms with van der Waals surface area (Å²) in [6.07, 6.45) is 5.62. The van der Waals surface area contributed by atoms with Crippen molar-refractivity contribution in [2.24, 2.45) is 5.92 Å². The fraction of sp³-hybridized carbons (Fsp3) is 0.552. The molecule has 3 aliphatic rings. The first-order valence-corrected chi connectivity index (χ1v) is 13.8. The number of nitrogens with one attached hydrogen (secondary N) is 1. The molecule has 0 atom stereocenters. The molecule has 3 N–H and O–H groups in total. The largest absolute Gasteiger partial charge is 0.504 e. The van der Waals surface area contributed by atoms with E-state index >= 15 is 0 Å². The van der Waals surface area contributed by atoms with E-state index in [1.54, 1.807) is 6.07 Å². The molecule has 2 aromatic carbocycles. The monoisotopic (exact) mass is 508 g/mol. The van der Waals surface area contributed by atoms with Gasteiger partial charge in [-0.2, -0.15) is 0 Å². The molecule has 8 nitrogen and oxygen atoms in total. The van der Waals surface area contributed by atoms with Gasteiger partial charge in [-0.1, -0.05) is 6.07 Å². The number of hydrogen-bond acceptors (Lipinski definition) is 7. The van der Waals surface area contributed by atoms with E-state index < -0.39 is 0 Å². The molecule has 0 aromatic heterocycles. The standard InChI is InChI=1S/C29H40N4O4/c34-27-3-1-2-26(28(27)35)33-16-14-31(15-17-33)13-12-22-4-8-24(9-5-22)30-29(36)23-6-10-25(11-7-23)32-18-20-37-21-19-32/h1-3,6-7,10-11,22,24,34-35H,4-5,8-9,12-21H2,(H,30,36)/t22-,24-. The van der Waals surface area contributed by atoms with E-state index in [1.807, 2.05) is 30.3 Å². The van der Waals surface area contributed by atoms with E-state index in [0.717, 1.165) is 96.0 Å². The molecule has 2 aliphatic heterocycles. The summed E-state index contributed by atoms with van der Waals surface area (Å²) in [6, 6.07) is 13.4. The van der Waals surface area contributed by atoms with Crippen molar-refractivity contribution < 1.29 is 19.7 Å². The Kier molecular flexibility index (Phi) is 8.36. The second kappa shape index (κ2) is 12.0. The highest BCUT2D eigenvalue weighted by Crippen LogP contribution is 2.36. The summed E-state index contributed by atoms with van der Waals surface area (Å²) < 4.78 is 5.42. The van der Waals surface area contributed by atoms with Crippen LogP contribution in [0.3, 0.4) is 0 Å². The summed E-state index contributed by atoms with van der Waals surface area (Å²) in [7, 11) is 0. The van der Waals surface area contributed by atoms with Crippen LogP contribution in [0.4, 0.5) is 11.4 Å². The maximum absolute atomic E-state index is 12.8. The van der Waals surface area contributed by atoms with Crippen molar-refractivity contribution >= 4 is 17.3 Å². The minimum atomic E-state index is -0.0617. The minimum absolute atomic E-state index is 0.0233. The first-order valence-electron chi connectivity index (χ1n) is 13.8. The molecule has 0 radical (unpaired) electrons. The summed E-state index contributed by atoms with van der Waals surface area (Å²) in [4.78, 5) is 19.7. The van der Waals surface area contributed by atoms with Gasteiger partial charge in [0.1, 0.15) is 0 Å². The fourth-order valence-corrected chi connectivity index (χ4v) is 5.86. The Hall–Kier alpha value is -2.97. The number of rotatable bonds is 7. The highest BCUT2D eigenvalue weighted by Gasteiger charge is 2.25. The topological polar surface area (TPSA) is 88.5 Å². The van der Waals surface area contributed by atoms with Crippen molar-refractivity contribution in [2.45, 2.75) is 38.1 Å². The first-order chi connectivity index (χ1) is 18.1. The van der Waals surface area contributed by atoms with Gasteiger partial charge < -0.3 is 30.1 Å². The lowest BCUT2D eigenvalue weighted by molar-refractivity contribution is 0.0919. The highest BCUT2D eigenvalue weighted by molar-refractivity contribution is 5.94. The predicted octanol–water partition coefficient (Wildman–Crippen LogP) is 3.44. The summed E-state index contributed by atoms with van der Waals surface area (Å²) in [5.41, 5.74) is 2.60. The van der Waals surface area contributed by atoms with E-state index in [-0.39, 0.29) is 23.4 Å². The molecule has 3 fully saturated rings. The SMILES string of the molecule is O=C(N[C@H]1CC[C@H](CCN2CCN(c3cccc(O)c3O)CC2)CC1)c1ccc(N2CCOCC2)cc1. The zero-order valence-corrected chi connectivity index (χ0v) is 21.6. The molecule has 37 heavy (non-hydrogen) atoms. The van der Waals surface area contributed by atoms with Gasteiger partial charge in [0.2, 0.25) is 0 Å². The number of benzene rings is 2. The zero-order valence-electron chi connectivity index (χ0n) is 21.6. The number of anilines is 2. The van der Waals surface area contributed by atoms with Gasteiger partial charge in [-0.25, -0.2) is 0 Å². The lowest BCUT2D eigenvalue weighted by atomic mass is 9.84. The molecule has 0 spiro atoms. The number of phenols is 2.